The van der Waals surface area contributed by atoms with Gasteiger partial charge in [-0.3, -0.25) is 4.99 Å². The fourth-order valence-corrected chi connectivity index (χ4v) is 1.97. The van der Waals surface area contributed by atoms with Crippen LogP contribution in [0.4, 0.5) is 0 Å². The van der Waals surface area contributed by atoms with Crippen molar-refractivity contribution in [3.8, 4) is 0 Å². The summed E-state index contributed by atoms with van der Waals surface area (Å²) in [7, 11) is 1.79. The second-order valence-electron chi connectivity index (χ2n) is 4.57. The Labute approximate surface area is 143 Å². The van der Waals surface area contributed by atoms with E-state index in [0.717, 1.165) is 25.5 Å². The first-order valence-corrected chi connectivity index (χ1v) is 6.91. The third-order valence-corrected chi connectivity index (χ3v) is 3.08. The smallest absolute Gasteiger partial charge is 0.191 e. The summed E-state index contributed by atoms with van der Waals surface area (Å²) < 4.78 is 0. The summed E-state index contributed by atoms with van der Waals surface area (Å²) in [5, 5.41) is 6.64. The van der Waals surface area contributed by atoms with Crippen molar-refractivity contribution in [3.63, 3.8) is 0 Å². The first-order valence-electron chi connectivity index (χ1n) is 6.91. The molecule has 2 aromatic rings. The number of hydrogen-bond acceptors (Lipinski definition) is 1. The van der Waals surface area contributed by atoms with Crippen LogP contribution in [0.15, 0.2) is 65.7 Å². The van der Waals surface area contributed by atoms with Gasteiger partial charge in [-0.25, -0.2) is 0 Å². The molecule has 0 aliphatic heterocycles. The van der Waals surface area contributed by atoms with Crippen molar-refractivity contribution in [1.29, 1.82) is 0 Å². The maximum absolute atomic E-state index is 4.23. The minimum atomic E-state index is 0. The molecule has 0 aliphatic carbocycles. The first-order chi connectivity index (χ1) is 9.88. The van der Waals surface area contributed by atoms with Gasteiger partial charge in [0.15, 0.2) is 5.96 Å². The van der Waals surface area contributed by atoms with Crippen LogP contribution in [0.1, 0.15) is 11.1 Å². The molecule has 0 bridgehead atoms. The van der Waals surface area contributed by atoms with Crippen LogP contribution in [0.2, 0.25) is 0 Å². The van der Waals surface area contributed by atoms with Gasteiger partial charge < -0.3 is 10.6 Å². The zero-order chi connectivity index (χ0) is 14.0. The molecule has 0 aliphatic rings. The molecule has 0 unspecified atom stereocenters. The monoisotopic (exact) mass is 395 g/mol. The molecule has 0 saturated heterocycles. The van der Waals surface area contributed by atoms with E-state index < -0.39 is 0 Å². The summed E-state index contributed by atoms with van der Waals surface area (Å²) >= 11 is 0. The van der Waals surface area contributed by atoms with Crippen molar-refractivity contribution < 1.29 is 0 Å². The normalized spacial score (nSPS) is 10.6. The second kappa shape index (κ2) is 10.2. The minimum absolute atomic E-state index is 0. The summed E-state index contributed by atoms with van der Waals surface area (Å²) in [4.78, 5) is 4.23. The van der Waals surface area contributed by atoms with Gasteiger partial charge in [-0.1, -0.05) is 60.7 Å². The van der Waals surface area contributed by atoms with E-state index >= 15 is 0 Å². The van der Waals surface area contributed by atoms with E-state index in [0.29, 0.717) is 0 Å². The van der Waals surface area contributed by atoms with Gasteiger partial charge in [-0.2, -0.15) is 0 Å². The summed E-state index contributed by atoms with van der Waals surface area (Å²) in [5.41, 5.74) is 2.58. The number of nitrogens with zero attached hydrogens (tertiary/aromatic N) is 1. The Morgan fingerprint density at radius 2 is 1.43 bits per heavy atom. The predicted molar refractivity (Wildman–Crippen MR) is 100 cm³/mol. The molecule has 2 aromatic carbocycles. The Balaban J connectivity index is 0.00000220. The highest BCUT2D eigenvalue weighted by Crippen LogP contribution is 1.99. The van der Waals surface area contributed by atoms with Gasteiger partial charge in [-0.15, -0.1) is 24.0 Å². The highest BCUT2D eigenvalue weighted by molar-refractivity contribution is 14.0. The van der Waals surface area contributed by atoms with E-state index in [2.05, 4.69) is 52.0 Å². The Hall–Kier alpha value is -1.56. The molecular weight excluding hydrogens is 373 g/mol. The Bertz CT molecular complexity index is 526. The van der Waals surface area contributed by atoms with Crippen molar-refractivity contribution in [1.82, 2.24) is 10.6 Å². The molecular formula is C17H22IN3. The quantitative estimate of drug-likeness (QED) is 0.464. The predicted octanol–water partition coefficient (Wildman–Crippen LogP) is 3.21. The maximum Gasteiger partial charge on any atom is 0.191 e. The van der Waals surface area contributed by atoms with Crippen LogP contribution in [0.25, 0.3) is 0 Å². The van der Waals surface area contributed by atoms with Crippen LogP contribution >= 0.6 is 24.0 Å². The minimum Gasteiger partial charge on any atom is -0.356 e. The summed E-state index contributed by atoms with van der Waals surface area (Å²) in [6.07, 6.45) is 0.993. The highest BCUT2D eigenvalue weighted by atomic mass is 127. The van der Waals surface area contributed by atoms with Crippen molar-refractivity contribution in [2.75, 3.05) is 13.6 Å². The van der Waals surface area contributed by atoms with E-state index in [9.17, 15) is 0 Å². The summed E-state index contributed by atoms with van der Waals surface area (Å²) in [6, 6.07) is 20.8. The van der Waals surface area contributed by atoms with Gasteiger partial charge in [0.05, 0.1) is 0 Å². The number of rotatable bonds is 5. The molecule has 2 N–H and O–H groups in total. The Morgan fingerprint density at radius 1 is 0.857 bits per heavy atom. The van der Waals surface area contributed by atoms with Crippen LogP contribution in [0.3, 0.4) is 0 Å². The van der Waals surface area contributed by atoms with E-state index in [1.54, 1.807) is 7.05 Å². The Morgan fingerprint density at radius 3 is 2.00 bits per heavy atom. The van der Waals surface area contributed by atoms with Gasteiger partial charge in [0, 0.05) is 20.1 Å². The Kier molecular flexibility index (Phi) is 8.50. The first kappa shape index (κ1) is 17.5. The number of guanidine groups is 1. The summed E-state index contributed by atoms with van der Waals surface area (Å²) in [5.74, 6) is 0.838. The van der Waals surface area contributed by atoms with E-state index in [-0.39, 0.29) is 24.0 Å². The number of halogens is 1. The lowest BCUT2D eigenvalue weighted by Gasteiger charge is -2.12. The van der Waals surface area contributed by atoms with Gasteiger partial charge in [0.25, 0.3) is 0 Å². The largest absolute Gasteiger partial charge is 0.356 e. The van der Waals surface area contributed by atoms with Crippen LogP contribution < -0.4 is 10.6 Å². The molecule has 112 valence electrons. The average molecular weight is 395 g/mol. The molecule has 0 spiro atoms. The lowest BCUT2D eigenvalue weighted by molar-refractivity contribution is 0.794. The molecule has 0 saturated carbocycles. The SMILES string of the molecule is CN=C(NCCc1ccccc1)NCc1ccccc1.I. The molecule has 0 atom stereocenters. The van der Waals surface area contributed by atoms with E-state index in [1.165, 1.54) is 11.1 Å². The molecule has 0 aromatic heterocycles. The molecule has 21 heavy (non-hydrogen) atoms. The van der Waals surface area contributed by atoms with Gasteiger partial charge in [0.2, 0.25) is 0 Å². The molecule has 0 amide bonds. The van der Waals surface area contributed by atoms with Crippen molar-refractivity contribution in [3.05, 3.63) is 71.8 Å². The van der Waals surface area contributed by atoms with Gasteiger partial charge >= 0.3 is 0 Å². The van der Waals surface area contributed by atoms with Crippen LogP contribution in [-0.2, 0) is 13.0 Å². The van der Waals surface area contributed by atoms with E-state index in [1.807, 2.05) is 24.3 Å². The third-order valence-electron chi connectivity index (χ3n) is 3.08. The third kappa shape index (κ3) is 6.62. The fourth-order valence-electron chi connectivity index (χ4n) is 1.97. The second-order valence-corrected chi connectivity index (χ2v) is 4.57. The summed E-state index contributed by atoms with van der Waals surface area (Å²) in [6.45, 7) is 1.66. The fraction of sp³-hybridized carbons (Fsp3) is 0.235. The molecule has 0 radical (unpaired) electrons. The number of nitrogens with one attached hydrogen (secondary N) is 2. The maximum atomic E-state index is 4.23. The van der Waals surface area contributed by atoms with Gasteiger partial charge in [0.1, 0.15) is 0 Å². The molecule has 2 rings (SSSR count). The van der Waals surface area contributed by atoms with Crippen molar-refractivity contribution in [2.45, 2.75) is 13.0 Å². The van der Waals surface area contributed by atoms with E-state index in [4.69, 9.17) is 0 Å². The van der Waals surface area contributed by atoms with Crippen LogP contribution in [0, 0.1) is 0 Å². The van der Waals surface area contributed by atoms with Gasteiger partial charge in [-0.05, 0) is 17.5 Å². The molecule has 4 heteroatoms. The number of aliphatic imine (C=N–C) groups is 1. The van der Waals surface area contributed by atoms with Crippen LogP contribution in [-0.4, -0.2) is 19.6 Å². The van der Waals surface area contributed by atoms with Crippen molar-refractivity contribution >= 4 is 29.9 Å². The van der Waals surface area contributed by atoms with Crippen LogP contribution in [0.5, 0.6) is 0 Å². The number of hydrogen-bond donors (Lipinski definition) is 2. The topological polar surface area (TPSA) is 36.4 Å². The molecule has 3 nitrogen and oxygen atoms in total. The lowest BCUT2D eigenvalue weighted by Crippen LogP contribution is -2.37. The zero-order valence-corrected chi connectivity index (χ0v) is 14.6. The lowest BCUT2D eigenvalue weighted by atomic mass is 10.1. The average Bonchev–Trinajstić information content (AvgIpc) is 2.52. The standard InChI is InChI=1S/C17H21N3.HI/c1-18-17(20-14-16-10-6-3-7-11-16)19-13-12-15-8-4-2-5-9-15;/h2-11H,12-14H2,1H3,(H2,18,19,20);1H. The zero-order valence-electron chi connectivity index (χ0n) is 12.3. The molecule has 0 heterocycles. The van der Waals surface area contributed by atoms with Crippen molar-refractivity contribution in [2.24, 2.45) is 4.99 Å². The highest BCUT2D eigenvalue weighted by Gasteiger charge is 1.98. The molecule has 0 fully saturated rings. The number of benzene rings is 2.